The molecular weight excluding hydrogens is 242 g/mol. The van der Waals surface area contributed by atoms with Crippen molar-refractivity contribution in [2.75, 3.05) is 26.4 Å². The lowest BCUT2D eigenvalue weighted by Crippen LogP contribution is -2.20. The van der Waals surface area contributed by atoms with E-state index in [1.165, 1.54) is 0 Å². The Labute approximate surface area is 112 Å². The average molecular weight is 261 g/mol. The molecule has 0 aliphatic carbocycles. The van der Waals surface area contributed by atoms with E-state index in [-0.39, 0.29) is 6.61 Å². The molecule has 1 heterocycles. The summed E-state index contributed by atoms with van der Waals surface area (Å²) < 4.78 is 5.18. The number of nitrogens with zero attached hydrogens (tertiary/aromatic N) is 1. The summed E-state index contributed by atoms with van der Waals surface area (Å²) in [6.07, 6.45) is 1.84. The third kappa shape index (κ3) is 4.17. The van der Waals surface area contributed by atoms with Crippen LogP contribution >= 0.6 is 0 Å². The lowest BCUT2D eigenvalue weighted by Gasteiger charge is -2.06. The molecule has 0 aliphatic heterocycles. The lowest BCUT2D eigenvalue weighted by molar-refractivity contribution is 0.0938. The van der Waals surface area contributed by atoms with Gasteiger partial charge in [0, 0.05) is 18.7 Å². The molecule has 0 amide bonds. The number of benzene rings is 1. The van der Waals surface area contributed by atoms with Crippen molar-refractivity contribution in [2.45, 2.75) is 6.54 Å². The molecule has 0 radical (unpaired) electrons. The van der Waals surface area contributed by atoms with Gasteiger partial charge in [-0.3, -0.25) is 5.10 Å². The summed E-state index contributed by atoms with van der Waals surface area (Å²) >= 11 is 0. The van der Waals surface area contributed by atoms with Gasteiger partial charge in [0.15, 0.2) is 0 Å². The molecule has 0 aliphatic rings. The minimum atomic E-state index is 0.0693. The maximum absolute atomic E-state index is 8.58. The molecule has 2 rings (SSSR count). The zero-order chi connectivity index (χ0) is 13.3. The first kappa shape index (κ1) is 13.7. The second kappa shape index (κ2) is 7.68. The summed E-state index contributed by atoms with van der Waals surface area (Å²) in [6, 6.07) is 10.1. The van der Waals surface area contributed by atoms with Crippen molar-refractivity contribution in [3.8, 4) is 11.3 Å². The average Bonchev–Trinajstić information content (AvgIpc) is 2.92. The Balaban J connectivity index is 1.83. The predicted molar refractivity (Wildman–Crippen MR) is 73.6 cm³/mol. The quantitative estimate of drug-likeness (QED) is 0.624. The largest absolute Gasteiger partial charge is 0.394 e. The van der Waals surface area contributed by atoms with Crippen LogP contribution in [0.4, 0.5) is 0 Å². The number of aromatic nitrogens is 2. The minimum Gasteiger partial charge on any atom is -0.394 e. The van der Waals surface area contributed by atoms with E-state index in [0.29, 0.717) is 13.2 Å². The maximum Gasteiger partial charge on any atom is 0.0698 e. The Bertz CT molecular complexity index is 471. The van der Waals surface area contributed by atoms with E-state index in [4.69, 9.17) is 9.84 Å². The van der Waals surface area contributed by atoms with Gasteiger partial charge >= 0.3 is 0 Å². The van der Waals surface area contributed by atoms with Gasteiger partial charge < -0.3 is 15.2 Å². The molecule has 0 saturated heterocycles. The fourth-order valence-electron chi connectivity index (χ4n) is 1.83. The molecule has 102 valence electrons. The van der Waals surface area contributed by atoms with Crippen LogP contribution in [-0.2, 0) is 11.3 Å². The van der Waals surface area contributed by atoms with Crippen LogP contribution in [0.25, 0.3) is 11.3 Å². The first-order valence-corrected chi connectivity index (χ1v) is 6.39. The molecule has 3 N–H and O–H groups in total. The molecule has 0 spiro atoms. The molecule has 0 saturated carbocycles. The number of aliphatic hydroxyl groups excluding tert-OH is 1. The molecule has 0 atom stereocenters. The van der Waals surface area contributed by atoms with Crippen LogP contribution in [0.5, 0.6) is 0 Å². The number of aliphatic hydroxyl groups is 1. The van der Waals surface area contributed by atoms with Crippen molar-refractivity contribution >= 4 is 0 Å². The van der Waals surface area contributed by atoms with E-state index in [9.17, 15) is 0 Å². The van der Waals surface area contributed by atoms with Crippen molar-refractivity contribution in [3.63, 3.8) is 0 Å². The first-order valence-electron chi connectivity index (χ1n) is 6.39. The summed E-state index contributed by atoms with van der Waals surface area (Å²) in [5.74, 6) is 0. The smallest absolute Gasteiger partial charge is 0.0698 e. The normalized spacial score (nSPS) is 10.8. The fourth-order valence-corrected chi connectivity index (χ4v) is 1.83. The number of ether oxygens (including phenoxy) is 1. The summed E-state index contributed by atoms with van der Waals surface area (Å²) in [5, 5.41) is 19.0. The van der Waals surface area contributed by atoms with Crippen LogP contribution in [0.1, 0.15) is 5.56 Å². The Kier molecular flexibility index (Phi) is 5.55. The number of H-pyrrole nitrogens is 1. The van der Waals surface area contributed by atoms with Crippen LogP contribution in [0, 0.1) is 0 Å². The second-order valence-corrected chi connectivity index (χ2v) is 4.15. The SMILES string of the molecule is OCCOCCNCc1cn[nH]c1-c1ccccc1. The van der Waals surface area contributed by atoms with Crippen LogP contribution in [-0.4, -0.2) is 41.7 Å². The highest BCUT2D eigenvalue weighted by atomic mass is 16.5. The zero-order valence-corrected chi connectivity index (χ0v) is 10.8. The standard InChI is InChI=1S/C14H19N3O2/c18-7-9-19-8-6-15-10-13-11-16-17-14(13)12-4-2-1-3-5-12/h1-5,11,15,18H,6-10H2,(H,16,17). The van der Waals surface area contributed by atoms with Crippen molar-refractivity contribution in [1.29, 1.82) is 0 Å². The molecule has 2 aromatic rings. The molecule has 0 bridgehead atoms. The fraction of sp³-hybridized carbons (Fsp3) is 0.357. The highest BCUT2D eigenvalue weighted by Gasteiger charge is 2.06. The number of hydrogen-bond acceptors (Lipinski definition) is 4. The van der Waals surface area contributed by atoms with E-state index in [0.717, 1.165) is 29.9 Å². The van der Waals surface area contributed by atoms with Crippen molar-refractivity contribution in [3.05, 3.63) is 42.1 Å². The van der Waals surface area contributed by atoms with Crippen molar-refractivity contribution < 1.29 is 9.84 Å². The third-order valence-corrected chi connectivity index (χ3v) is 2.75. The van der Waals surface area contributed by atoms with Gasteiger partial charge in [-0.25, -0.2) is 0 Å². The summed E-state index contributed by atoms with van der Waals surface area (Å²) in [6.45, 7) is 2.55. The van der Waals surface area contributed by atoms with Crippen LogP contribution < -0.4 is 5.32 Å². The molecule has 0 fully saturated rings. The van der Waals surface area contributed by atoms with E-state index in [2.05, 4.69) is 27.6 Å². The van der Waals surface area contributed by atoms with Gasteiger partial charge in [-0.15, -0.1) is 0 Å². The maximum atomic E-state index is 8.58. The van der Waals surface area contributed by atoms with Gasteiger partial charge in [-0.05, 0) is 5.56 Å². The predicted octanol–water partition coefficient (Wildman–Crippen LogP) is 1.18. The molecule has 0 unspecified atom stereocenters. The van der Waals surface area contributed by atoms with Gasteiger partial charge in [0.2, 0.25) is 0 Å². The van der Waals surface area contributed by atoms with Gasteiger partial charge in [0.25, 0.3) is 0 Å². The molecular formula is C14H19N3O2. The minimum absolute atomic E-state index is 0.0693. The Hall–Kier alpha value is -1.69. The highest BCUT2D eigenvalue weighted by Crippen LogP contribution is 2.20. The van der Waals surface area contributed by atoms with Gasteiger partial charge in [0.05, 0.1) is 31.7 Å². The Morgan fingerprint density at radius 1 is 1.21 bits per heavy atom. The summed E-state index contributed by atoms with van der Waals surface area (Å²) in [5.41, 5.74) is 3.31. The van der Waals surface area contributed by atoms with Gasteiger partial charge in [-0.2, -0.15) is 5.10 Å². The number of aromatic amines is 1. The van der Waals surface area contributed by atoms with E-state index < -0.39 is 0 Å². The van der Waals surface area contributed by atoms with E-state index >= 15 is 0 Å². The summed E-state index contributed by atoms with van der Waals surface area (Å²) in [7, 11) is 0. The molecule has 1 aromatic carbocycles. The molecule has 5 heteroatoms. The lowest BCUT2D eigenvalue weighted by atomic mass is 10.1. The van der Waals surface area contributed by atoms with Crippen LogP contribution in [0.2, 0.25) is 0 Å². The van der Waals surface area contributed by atoms with Gasteiger partial charge in [0.1, 0.15) is 0 Å². The van der Waals surface area contributed by atoms with Crippen molar-refractivity contribution in [2.24, 2.45) is 0 Å². The Morgan fingerprint density at radius 3 is 2.84 bits per heavy atom. The Morgan fingerprint density at radius 2 is 2.05 bits per heavy atom. The van der Waals surface area contributed by atoms with Crippen LogP contribution in [0.3, 0.4) is 0 Å². The molecule has 5 nitrogen and oxygen atoms in total. The van der Waals surface area contributed by atoms with Gasteiger partial charge in [-0.1, -0.05) is 30.3 Å². The van der Waals surface area contributed by atoms with E-state index in [1.54, 1.807) is 0 Å². The summed E-state index contributed by atoms with van der Waals surface area (Å²) in [4.78, 5) is 0. The van der Waals surface area contributed by atoms with E-state index in [1.807, 2.05) is 24.4 Å². The number of rotatable bonds is 8. The number of hydrogen-bond donors (Lipinski definition) is 3. The zero-order valence-electron chi connectivity index (χ0n) is 10.8. The number of nitrogens with one attached hydrogen (secondary N) is 2. The van der Waals surface area contributed by atoms with Crippen LogP contribution in [0.15, 0.2) is 36.5 Å². The first-order chi connectivity index (χ1) is 9.42. The van der Waals surface area contributed by atoms with Crippen molar-refractivity contribution in [1.82, 2.24) is 15.5 Å². The topological polar surface area (TPSA) is 70.2 Å². The monoisotopic (exact) mass is 261 g/mol. The third-order valence-electron chi connectivity index (χ3n) is 2.75. The highest BCUT2D eigenvalue weighted by molar-refractivity contribution is 5.62. The second-order valence-electron chi connectivity index (χ2n) is 4.15. The molecule has 1 aromatic heterocycles. The molecule has 19 heavy (non-hydrogen) atoms.